The van der Waals surface area contributed by atoms with E-state index in [1.54, 1.807) is 0 Å². The van der Waals surface area contributed by atoms with E-state index >= 15 is 0 Å². The van der Waals surface area contributed by atoms with Crippen molar-refractivity contribution in [3.05, 3.63) is 29.6 Å². The SMILES string of the molecule is CCS(=O)(=O)c1ccc(F)c(C(=O)O)c1. The van der Waals surface area contributed by atoms with Gasteiger partial charge in [-0.05, 0) is 18.2 Å². The lowest BCUT2D eigenvalue weighted by molar-refractivity contribution is 0.0691. The van der Waals surface area contributed by atoms with Crippen LogP contribution in [0.25, 0.3) is 0 Å². The fourth-order valence-corrected chi connectivity index (χ4v) is 1.93. The second-order valence-corrected chi connectivity index (χ2v) is 5.13. The third-order valence-electron chi connectivity index (χ3n) is 1.91. The van der Waals surface area contributed by atoms with Crippen LogP contribution in [0.3, 0.4) is 0 Å². The Morgan fingerprint density at radius 1 is 1.47 bits per heavy atom. The summed E-state index contributed by atoms with van der Waals surface area (Å²) in [5.41, 5.74) is -0.635. The molecule has 0 atom stereocenters. The Morgan fingerprint density at radius 3 is 2.53 bits per heavy atom. The molecule has 1 rings (SSSR count). The highest BCUT2D eigenvalue weighted by Crippen LogP contribution is 2.16. The van der Waals surface area contributed by atoms with E-state index in [4.69, 9.17) is 5.11 Å². The van der Waals surface area contributed by atoms with Crippen molar-refractivity contribution in [1.29, 1.82) is 0 Å². The number of sulfone groups is 1. The molecular formula is C9H9FO4S. The van der Waals surface area contributed by atoms with Gasteiger partial charge in [0.25, 0.3) is 0 Å². The number of halogens is 1. The Balaban J connectivity index is 3.38. The van der Waals surface area contributed by atoms with Crippen LogP contribution in [0.5, 0.6) is 0 Å². The molecule has 1 N–H and O–H groups in total. The van der Waals surface area contributed by atoms with Gasteiger partial charge in [0.1, 0.15) is 5.82 Å². The Bertz CT molecular complexity index is 493. The lowest BCUT2D eigenvalue weighted by Gasteiger charge is -2.03. The fraction of sp³-hybridized carbons (Fsp3) is 0.222. The fourth-order valence-electron chi connectivity index (χ4n) is 1.03. The molecule has 0 saturated carbocycles. The maximum Gasteiger partial charge on any atom is 0.338 e. The minimum absolute atomic E-state index is 0.155. The van der Waals surface area contributed by atoms with Crippen molar-refractivity contribution < 1.29 is 22.7 Å². The van der Waals surface area contributed by atoms with E-state index in [1.807, 2.05) is 0 Å². The summed E-state index contributed by atoms with van der Waals surface area (Å²) in [6, 6.07) is 2.73. The Labute approximate surface area is 86.3 Å². The highest BCUT2D eigenvalue weighted by molar-refractivity contribution is 7.91. The molecule has 1 aromatic rings. The van der Waals surface area contributed by atoms with Crippen LogP contribution in [0.15, 0.2) is 23.1 Å². The minimum atomic E-state index is -3.50. The number of carboxylic acids is 1. The zero-order valence-electron chi connectivity index (χ0n) is 7.90. The molecule has 0 aromatic heterocycles. The standard InChI is InChI=1S/C9H9FO4S/c1-2-15(13,14)6-3-4-8(10)7(5-6)9(11)12/h3-5H,2H2,1H3,(H,11,12). The maximum absolute atomic E-state index is 12.9. The van der Waals surface area contributed by atoms with Gasteiger partial charge < -0.3 is 5.11 Å². The minimum Gasteiger partial charge on any atom is -0.478 e. The smallest absolute Gasteiger partial charge is 0.338 e. The first-order valence-electron chi connectivity index (χ1n) is 4.14. The normalized spacial score (nSPS) is 11.3. The maximum atomic E-state index is 12.9. The summed E-state index contributed by atoms with van der Waals surface area (Å²) in [7, 11) is -3.50. The van der Waals surface area contributed by atoms with E-state index < -0.39 is 27.2 Å². The highest BCUT2D eigenvalue weighted by atomic mass is 32.2. The van der Waals surface area contributed by atoms with Crippen LogP contribution < -0.4 is 0 Å². The molecular weight excluding hydrogens is 223 g/mol. The van der Waals surface area contributed by atoms with Gasteiger partial charge in [-0.1, -0.05) is 6.92 Å². The van der Waals surface area contributed by atoms with Gasteiger partial charge in [0.15, 0.2) is 9.84 Å². The van der Waals surface area contributed by atoms with Gasteiger partial charge in [0.2, 0.25) is 0 Å². The van der Waals surface area contributed by atoms with Crippen molar-refractivity contribution in [3.63, 3.8) is 0 Å². The summed E-state index contributed by atoms with van der Waals surface area (Å²) in [5.74, 6) is -2.59. The first-order chi connectivity index (χ1) is 6.88. The molecule has 0 saturated heterocycles. The van der Waals surface area contributed by atoms with Crippen molar-refractivity contribution in [2.24, 2.45) is 0 Å². The molecule has 0 aliphatic rings. The predicted octanol–water partition coefficient (Wildman–Crippen LogP) is 1.32. The summed E-state index contributed by atoms with van der Waals surface area (Å²) in [6.07, 6.45) is 0. The summed E-state index contributed by atoms with van der Waals surface area (Å²) < 4.78 is 35.7. The van der Waals surface area contributed by atoms with Gasteiger partial charge in [-0.3, -0.25) is 0 Å². The number of benzene rings is 1. The van der Waals surface area contributed by atoms with Crippen molar-refractivity contribution in [2.75, 3.05) is 5.75 Å². The Hall–Kier alpha value is -1.43. The van der Waals surface area contributed by atoms with Crippen LogP contribution >= 0.6 is 0 Å². The second-order valence-electron chi connectivity index (χ2n) is 2.85. The van der Waals surface area contributed by atoms with E-state index in [2.05, 4.69) is 0 Å². The third kappa shape index (κ3) is 2.33. The van der Waals surface area contributed by atoms with Gasteiger partial charge in [0.05, 0.1) is 16.2 Å². The molecule has 4 nitrogen and oxygen atoms in total. The average molecular weight is 232 g/mol. The molecule has 0 radical (unpaired) electrons. The summed E-state index contributed by atoms with van der Waals surface area (Å²) in [4.78, 5) is 10.4. The number of hydrogen-bond donors (Lipinski definition) is 1. The van der Waals surface area contributed by atoms with Crippen LogP contribution in [-0.2, 0) is 9.84 Å². The Kier molecular flexibility index (Phi) is 3.09. The second kappa shape index (κ2) is 3.98. The number of carbonyl (C=O) groups is 1. The lowest BCUT2D eigenvalue weighted by atomic mass is 10.2. The van der Waals surface area contributed by atoms with Crippen molar-refractivity contribution >= 4 is 15.8 Å². The van der Waals surface area contributed by atoms with Crippen LogP contribution in [0.1, 0.15) is 17.3 Å². The Morgan fingerprint density at radius 2 is 2.07 bits per heavy atom. The van der Waals surface area contributed by atoms with Crippen LogP contribution in [0.4, 0.5) is 4.39 Å². The molecule has 0 bridgehead atoms. The van der Waals surface area contributed by atoms with Gasteiger partial charge in [0, 0.05) is 0 Å². The highest BCUT2D eigenvalue weighted by Gasteiger charge is 2.17. The molecule has 0 heterocycles. The van der Waals surface area contributed by atoms with E-state index in [-0.39, 0.29) is 10.6 Å². The van der Waals surface area contributed by atoms with E-state index in [0.717, 1.165) is 18.2 Å². The number of rotatable bonds is 3. The first-order valence-corrected chi connectivity index (χ1v) is 5.79. The van der Waals surface area contributed by atoms with Gasteiger partial charge in [-0.15, -0.1) is 0 Å². The summed E-state index contributed by atoms with van der Waals surface area (Å²) in [6.45, 7) is 1.43. The molecule has 6 heteroatoms. The molecule has 0 aliphatic heterocycles. The number of hydrogen-bond acceptors (Lipinski definition) is 3. The molecule has 82 valence electrons. The van der Waals surface area contributed by atoms with Crippen molar-refractivity contribution in [1.82, 2.24) is 0 Å². The molecule has 0 fully saturated rings. The summed E-state index contributed by atoms with van der Waals surface area (Å²) >= 11 is 0. The topological polar surface area (TPSA) is 71.4 Å². The lowest BCUT2D eigenvalue weighted by Crippen LogP contribution is -2.07. The van der Waals surface area contributed by atoms with Crippen LogP contribution in [0, 0.1) is 5.82 Å². The van der Waals surface area contributed by atoms with Gasteiger partial charge >= 0.3 is 5.97 Å². The molecule has 0 spiro atoms. The molecule has 0 aliphatic carbocycles. The van der Waals surface area contributed by atoms with E-state index in [9.17, 15) is 17.6 Å². The van der Waals surface area contributed by atoms with Crippen molar-refractivity contribution in [2.45, 2.75) is 11.8 Å². The van der Waals surface area contributed by atoms with Crippen LogP contribution in [-0.4, -0.2) is 25.2 Å². The predicted molar refractivity (Wildman–Crippen MR) is 51.1 cm³/mol. The number of aromatic carboxylic acids is 1. The largest absolute Gasteiger partial charge is 0.478 e. The van der Waals surface area contributed by atoms with Gasteiger partial charge in [-0.2, -0.15) is 0 Å². The zero-order valence-corrected chi connectivity index (χ0v) is 8.71. The van der Waals surface area contributed by atoms with E-state index in [0.29, 0.717) is 0 Å². The number of carboxylic acid groups (broad SMARTS) is 1. The molecule has 15 heavy (non-hydrogen) atoms. The summed E-state index contributed by atoms with van der Waals surface area (Å²) in [5, 5.41) is 8.59. The average Bonchev–Trinajstić information content (AvgIpc) is 2.17. The molecule has 0 amide bonds. The van der Waals surface area contributed by atoms with Crippen molar-refractivity contribution in [3.8, 4) is 0 Å². The monoisotopic (exact) mass is 232 g/mol. The molecule has 1 aromatic carbocycles. The van der Waals surface area contributed by atoms with E-state index in [1.165, 1.54) is 6.92 Å². The third-order valence-corrected chi connectivity index (χ3v) is 3.64. The zero-order chi connectivity index (χ0) is 11.6. The molecule has 0 unspecified atom stereocenters. The van der Waals surface area contributed by atoms with Gasteiger partial charge in [-0.25, -0.2) is 17.6 Å². The first kappa shape index (κ1) is 11.6. The van der Waals surface area contributed by atoms with Crippen LogP contribution in [0.2, 0.25) is 0 Å². The quantitative estimate of drug-likeness (QED) is 0.798.